The Morgan fingerprint density at radius 2 is 2.19 bits per heavy atom. The van der Waals surface area contributed by atoms with Crippen LogP contribution in [0.5, 0.6) is 0 Å². The zero-order chi connectivity index (χ0) is 17.9. The number of likely N-dealkylation sites (tertiary alicyclic amines) is 1. The molecule has 0 unspecified atom stereocenters. The second-order valence-corrected chi connectivity index (χ2v) is 7.50. The zero-order valence-electron chi connectivity index (χ0n) is 14.6. The van der Waals surface area contributed by atoms with Crippen molar-refractivity contribution in [2.45, 2.75) is 18.9 Å². The third-order valence-corrected chi connectivity index (χ3v) is 5.50. The van der Waals surface area contributed by atoms with Crippen LogP contribution in [0.3, 0.4) is 0 Å². The highest BCUT2D eigenvalue weighted by Crippen LogP contribution is 2.32. The number of carbonyl (C=O) groups excluding carboxylic acids is 1. The van der Waals surface area contributed by atoms with Crippen LogP contribution in [0.2, 0.25) is 0 Å². The largest absolute Gasteiger partial charge is 0.347 e. The van der Waals surface area contributed by atoms with E-state index in [2.05, 4.69) is 32.4 Å². The monoisotopic (exact) mass is 367 g/mol. The number of aromatic amines is 1. The van der Waals surface area contributed by atoms with Crippen LogP contribution in [-0.4, -0.2) is 52.2 Å². The molecule has 1 atom stereocenters. The first kappa shape index (κ1) is 16.9. The molecule has 0 spiro atoms. The molecule has 134 valence electrons. The number of nitrogens with zero attached hydrogens (tertiary/aromatic N) is 3. The number of aromatic nitrogens is 3. The van der Waals surface area contributed by atoms with Gasteiger partial charge in [-0.1, -0.05) is 30.3 Å². The van der Waals surface area contributed by atoms with Crippen LogP contribution in [0.25, 0.3) is 21.8 Å². The first-order chi connectivity index (χ1) is 12.7. The van der Waals surface area contributed by atoms with E-state index in [-0.39, 0.29) is 11.9 Å². The van der Waals surface area contributed by atoms with Crippen LogP contribution in [0.1, 0.15) is 23.3 Å². The predicted molar refractivity (Wildman–Crippen MR) is 103 cm³/mol. The summed E-state index contributed by atoms with van der Waals surface area (Å²) in [5.41, 5.74) is 3.35. The van der Waals surface area contributed by atoms with Gasteiger partial charge in [-0.05, 0) is 26.4 Å². The molecule has 1 saturated heterocycles. The molecule has 1 aromatic carbocycles. The van der Waals surface area contributed by atoms with Gasteiger partial charge in [0.2, 0.25) is 0 Å². The Labute approximate surface area is 156 Å². The van der Waals surface area contributed by atoms with E-state index in [9.17, 15) is 4.79 Å². The van der Waals surface area contributed by atoms with Crippen molar-refractivity contribution in [1.29, 1.82) is 0 Å². The molecule has 2 N–H and O–H groups in total. The number of thiazole rings is 1. The molecule has 0 radical (unpaired) electrons. The van der Waals surface area contributed by atoms with Crippen LogP contribution in [0.4, 0.5) is 0 Å². The first-order valence-electron chi connectivity index (χ1n) is 8.75. The minimum absolute atomic E-state index is 0.0995. The minimum atomic E-state index is -0.0995. The normalized spacial score (nSPS) is 18.0. The Bertz CT molecular complexity index is 888. The maximum Gasteiger partial charge on any atom is 0.271 e. The van der Waals surface area contributed by atoms with E-state index in [0.29, 0.717) is 5.69 Å². The van der Waals surface area contributed by atoms with Gasteiger partial charge in [-0.3, -0.25) is 9.89 Å². The van der Waals surface area contributed by atoms with Crippen molar-refractivity contribution in [2.24, 2.45) is 0 Å². The lowest BCUT2D eigenvalue weighted by molar-refractivity contribution is 0.0908. The second-order valence-electron chi connectivity index (χ2n) is 6.64. The Kier molecular flexibility index (Phi) is 4.81. The topological polar surface area (TPSA) is 73.9 Å². The lowest BCUT2D eigenvalue weighted by Gasteiger charge is -2.29. The number of benzene rings is 1. The first-order valence-corrected chi connectivity index (χ1v) is 9.63. The molecular formula is C19H21N5OS. The van der Waals surface area contributed by atoms with Crippen LogP contribution in [0, 0.1) is 0 Å². The molecule has 0 saturated carbocycles. The number of likely N-dealkylation sites (N-methyl/N-ethyl adjacent to an activating group) is 1. The average molecular weight is 367 g/mol. The number of piperidine rings is 1. The highest BCUT2D eigenvalue weighted by molar-refractivity contribution is 7.13. The molecule has 6 nitrogen and oxygen atoms in total. The molecule has 3 heterocycles. The quantitative estimate of drug-likeness (QED) is 0.743. The second kappa shape index (κ2) is 7.39. The summed E-state index contributed by atoms with van der Waals surface area (Å²) in [6, 6.07) is 10.2. The van der Waals surface area contributed by atoms with Crippen LogP contribution in [-0.2, 0) is 0 Å². The van der Waals surface area contributed by atoms with Gasteiger partial charge in [-0.25, -0.2) is 4.98 Å². The van der Waals surface area contributed by atoms with Crippen molar-refractivity contribution in [3.8, 4) is 21.8 Å². The highest BCUT2D eigenvalue weighted by Gasteiger charge is 2.21. The molecule has 0 aliphatic carbocycles. The van der Waals surface area contributed by atoms with Gasteiger partial charge in [-0.2, -0.15) is 5.10 Å². The summed E-state index contributed by atoms with van der Waals surface area (Å²) in [5.74, 6) is -0.0995. The predicted octanol–water partition coefficient (Wildman–Crippen LogP) is 3.02. The third kappa shape index (κ3) is 3.54. The fourth-order valence-corrected chi connectivity index (χ4v) is 4.13. The molecule has 1 fully saturated rings. The molecule has 7 heteroatoms. The summed E-state index contributed by atoms with van der Waals surface area (Å²) in [4.78, 5) is 19.4. The fraction of sp³-hybridized carbons (Fsp3) is 0.316. The van der Waals surface area contributed by atoms with E-state index in [1.165, 1.54) is 11.3 Å². The molecule has 2 aromatic heterocycles. The number of hydrogen-bond acceptors (Lipinski definition) is 5. The number of rotatable bonds is 4. The molecule has 4 rings (SSSR count). The number of hydrogen-bond donors (Lipinski definition) is 2. The standard InChI is InChI=1S/C19H21N5OS/c1-24-9-5-8-14(11-24)21-18(25)16-12-26-19(22-16)15-10-20-23-17(15)13-6-3-2-4-7-13/h2-4,6-7,10,12,14H,5,8-9,11H2,1H3,(H,20,23)(H,21,25)/t14-/m0/s1. The lowest BCUT2D eigenvalue weighted by Crippen LogP contribution is -2.46. The average Bonchev–Trinajstić information content (AvgIpc) is 3.32. The van der Waals surface area contributed by atoms with Crippen molar-refractivity contribution in [3.63, 3.8) is 0 Å². The molecule has 0 bridgehead atoms. The summed E-state index contributed by atoms with van der Waals surface area (Å²) < 4.78 is 0. The summed E-state index contributed by atoms with van der Waals surface area (Å²) >= 11 is 1.46. The van der Waals surface area contributed by atoms with Gasteiger partial charge in [0, 0.05) is 23.5 Å². The summed E-state index contributed by atoms with van der Waals surface area (Å²) in [6.07, 6.45) is 3.89. The van der Waals surface area contributed by atoms with Gasteiger partial charge in [0.05, 0.1) is 17.5 Å². The van der Waals surface area contributed by atoms with Crippen LogP contribution < -0.4 is 5.32 Å². The van der Waals surface area contributed by atoms with Crippen LogP contribution in [0.15, 0.2) is 41.9 Å². The Morgan fingerprint density at radius 1 is 1.35 bits per heavy atom. The van der Waals surface area contributed by atoms with Crippen molar-refractivity contribution in [1.82, 2.24) is 25.4 Å². The highest BCUT2D eigenvalue weighted by atomic mass is 32.1. The van der Waals surface area contributed by atoms with E-state index >= 15 is 0 Å². The number of amides is 1. The van der Waals surface area contributed by atoms with Crippen molar-refractivity contribution in [3.05, 3.63) is 47.6 Å². The Hall–Kier alpha value is -2.51. The summed E-state index contributed by atoms with van der Waals surface area (Å²) in [5, 5.41) is 12.9. The van der Waals surface area contributed by atoms with Gasteiger partial charge in [0.25, 0.3) is 5.91 Å². The molecular weight excluding hydrogens is 346 g/mol. The van der Waals surface area contributed by atoms with Gasteiger partial charge in [-0.15, -0.1) is 11.3 Å². The number of nitrogens with one attached hydrogen (secondary N) is 2. The van der Waals surface area contributed by atoms with Gasteiger partial charge >= 0.3 is 0 Å². The van der Waals surface area contributed by atoms with E-state index in [4.69, 9.17) is 0 Å². The molecule has 1 amide bonds. The molecule has 3 aromatic rings. The zero-order valence-corrected chi connectivity index (χ0v) is 15.4. The van der Waals surface area contributed by atoms with Crippen molar-refractivity contribution < 1.29 is 4.79 Å². The Balaban J connectivity index is 1.52. The van der Waals surface area contributed by atoms with Crippen molar-refractivity contribution >= 4 is 17.2 Å². The van der Waals surface area contributed by atoms with Crippen LogP contribution >= 0.6 is 11.3 Å². The van der Waals surface area contributed by atoms with E-state index < -0.39 is 0 Å². The van der Waals surface area contributed by atoms with Gasteiger partial charge in [0.1, 0.15) is 10.7 Å². The fourth-order valence-electron chi connectivity index (χ4n) is 3.32. The third-order valence-electron chi connectivity index (χ3n) is 4.63. The molecule has 1 aliphatic rings. The maximum absolute atomic E-state index is 12.5. The van der Waals surface area contributed by atoms with E-state index in [1.54, 1.807) is 6.20 Å². The van der Waals surface area contributed by atoms with E-state index in [0.717, 1.165) is 47.8 Å². The summed E-state index contributed by atoms with van der Waals surface area (Å²) in [6.45, 7) is 1.98. The maximum atomic E-state index is 12.5. The Morgan fingerprint density at radius 3 is 3.00 bits per heavy atom. The molecule has 26 heavy (non-hydrogen) atoms. The minimum Gasteiger partial charge on any atom is -0.347 e. The van der Waals surface area contributed by atoms with Gasteiger partial charge in [0.15, 0.2) is 0 Å². The number of carbonyl (C=O) groups is 1. The lowest BCUT2D eigenvalue weighted by atomic mass is 10.1. The van der Waals surface area contributed by atoms with E-state index in [1.807, 2.05) is 35.7 Å². The summed E-state index contributed by atoms with van der Waals surface area (Å²) in [7, 11) is 2.09. The molecule has 1 aliphatic heterocycles. The van der Waals surface area contributed by atoms with Gasteiger partial charge < -0.3 is 10.2 Å². The number of H-pyrrole nitrogens is 1. The SMILES string of the molecule is CN1CCC[C@H](NC(=O)c2csc(-c3cn[nH]c3-c3ccccc3)n2)C1. The smallest absolute Gasteiger partial charge is 0.271 e. The van der Waals surface area contributed by atoms with Crippen molar-refractivity contribution in [2.75, 3.05) is 20.1 Å².